The number of aromatic nitrogens is 3. The van der Waals surface area contributed by atoms with E-state index in [-0.39, 0.29) is 5.92 Å². The summed E-state index contributed by atoms with van der Waals surface area (Å²) in [6.45, 7) is 5.30. The molecule has 0 atom stereocenters. The van der Waals surface area contributed by atoms with Crippen molar-refractivity contribution >= 4 is 27.5 Å². The summed E-state index contributed by atoms with van der Waals surface area (Å²) in [7, 11) is 0. The van der Waals surface area contributed by atoms with Crippen molar-refractivity contribution in [3.05, 3.63) is 21.1 Å². The zero-order chi connectivity index (χ0) is 13.4. The van der Waals surface area contributed by atoms with E-state index >= 15 is 0 Å². The standard InChI is InChI=1S/C11H13N3O3S/c1-5(2)10-12-8-9(18-10)6(3)13-14(11(8)17)4-7(15)16/h5H,4H2,1-3H3,(H,15,16). The SMILES string of the molecule is Cc1nn(CC(=O)O)c(=O)c2nc(C(C)C)sc12. The first kappa shape index (κ1) is 12.7. The molecule has 6 nitrogen and oxygen atoms in total. The van der Waals surface area contributed by atoms with Crippen molar-refractivity contribution in [3.8, 4) is 0 Å². The largest absolute Gasteiger partial charge is 0.480 e. The van der Waals surface area contributed by atoms with Crippen LogP contribution in [-0.4, -0.2) is 25.8 Å². The Kier molecular flexibility index (Phi) is 3.16. The molecule has 0 unspecified atom stereocenters. The minimum Gasteiger partial charge on any atom is -0.480 e. The molecule has 0 radical (unpaired) electrons. The summed E-state index contributed by atoms with van der Waals surface area (Å²) < 4.78 is 1.69. The van der Waals surface area contributed by atoms with Crippen LogP contribution in [0.1, 0.15) is 30.5 Å². The number of nitrogens with zero attached hydrogens (tertiary/aromatic N) is 3. The van der Waals surface area contributed by atoms with Gasteiger partial charge in [-0.1, -0.05) is 13.8 Å². The van der Waals surface area contributed by atoms with Crippen molar-refractivity contribution in [1.29, 1.82) is 0 Å². The zero-order valence-corrected chi connectivity index (χ0v) is 11.1. The molecule has 0 fully saturated rings. The molecular formula is C11H13N3O3S. The van der Waals surface area contributed by atoms with Crippen LogP contribution in [0.4, 0.5) is 0 Å². The molecule has 18 heavy (non-hydrogen) atoms. The highest BCUT2D eigenvalue weighted by Gasteiger charge is 2.16. The van der Waals surface area contributed by atoms with Crippen LogP contribution in [0.25, 0.3) is 10.2 Å². The highest BCUT2D eigenvalue weighted by atomic mass is 32.1. The van der Waals surface area contributed by atoms with E-state index in [1.807, 2.05) is 13.8 Å². The van der Waals surface area contributed by atoms with Gasteiger partial charge in [0.05, 0.1) is 15.4 Å². The first-order chi connectivity index (χ1) is 8.40. The van der Waals surface area contributed by atoms with Gasteiger partial charge in [0.15, 0.2) is 5.52 Å². The first-order valence-corrected chi connectivity index (χ1v) is 6.31. The Hall–Kier alpha value is -1.76. The lowest BCUT2D eigenvalue weighted by Crippen LogP contribution is -2.27. The van der Waals surface area contributed by atoms with Crippen molar-refractivity contribution in [2.75, 3.05) is 0 Å². The molecule has 0 spiro atoms. The molecule has 0 saturated heterocycles. The number of carbonyl (C=O) groups is 1. The minimum absolute atomic E-state index is 0.231. The lowest BCUT2D eigenvalue weighted by molar-refractivity contribution is -0.137. The van der Waals surface area contributed by atoms with Gasteiger partial charge in [-0.25, -0.2) is 9.67 Å². The van der Waals surface area contributed by atoms with Gasteiger partial charge in [-0.2, -0.15) is 5.10 Å². The molecule has 2 heterocycles. The van der Waals surface area contributed by atoms with Crippen molar-refractivity contribution in [2.24, 2.45) is 0 Å². The quantitative estimate of drug-likeness (QED) is 0.907. The van der Waals surface area contributed by atoms with Crippen LogP contribution >= 0.6 is 11.3 Å². The summed E-state index contributed by atoms with van der Waals surface area (Å²) in [6.07, 6.45) is 0. The predicted octanol–water partition coefficient (Wildman–Crippen LogP) is 1.37. The fourth-order valence-electron chi connectivity index (χ4n) is 1.60. The Labute approximate surface area is 107 Å². The lowest BCUT2D eigenvalue weighted by Gasteiger charge is -2.02. The van der Waals surface area contributed by atoms with Crippen LogP contribution in [-0.2, 0) is 11.3 Å². The molecule has 2 aromatic rings. The highest BCUT2D eigenvalue weighted by molar-refractivity contribution is 7.18. The van der Waals surface area contributed by atoms with Gasteiger partial charge in [-0.3, -0.25) is 9.59 Å². The van der Waals surface area contributed by atoms with E-state index in [0.29, 0.717) is 11.2 Å². The minimum atomic E-state index is -1.09. The third-order valence-electron chi connectivity index (χ3n) is 2.46. The van der Waals surface area contributed by atoms with E-state index in [2.05, 4.69) is 10.1 Å². The average Bonchev–Trinajstić information content (AvgIpc) is 2.70. The number of carboxylic acid groups (broad SMARTS) is 1. The van der Waals surface area contributed by atoms with Crippen LogP contribution in [0.5, 0.6) is 0 Å². The molecule has 0 saturated carbocycles. The van der Waals surface area contributed by atoms with E-state index in [1.165, 1.54) is 11.3 Å². The molecule has 96 valence electrons. The molecule has 0 bridgehead atoms. The van der Waals surface area contributed by atoms with Crippen molar-refractivity contribution in [2.45, 2.75) is 33.2 Å². The van der Waals surface area contributed by atoms with Gasteiger partial charge in [0, 0.05) is 5.92 Å². The second kappa shape index (κ2) is 4.49. The molecule has 0 aliphatic heterocycles. The molecule has 0 aliphatic rings. The first-order valence-electron chi connectivity index (χ1n) is 5.50. The molecule has 2 rings (SSSR count). The van der Waals surface area contributed by atoms with E-state index in [0.717, 1.165) is 14.4 Å². The fraction of sp³-hybridized carbons (Fsp3) is 0.455. The third kappa shape index (κ3) is 2.13. The highest BCUT2D eigenvalue weighted by Crippen LogP contribution is 2.26. The predicted molar refractivity (Wildman–Crippen MR) is 68.1 cm³/mol. The van der Waals surface area contributed by atoms with Gasteiger partial charge in [0.2, 0.25) is 0 Å². The van der Waals surface area contributed by atoms with Gasteiger partial charge < -0.3 is 5.11 Å². The second-order valence-electron chi connectivity index (χ2n) is 4.33. The number of rotatable bonds is 3. The molecule has 7 heteroatoms. The van der Waals surface area contributed by atoms with Crippen molar-refractivity contribution in [3.63, 3.8) is 0 Å². The Morgan fingerprint density at radius 3 is 2.72 bits per heavy atom. The molecular weight excluding hydrogens is 254 g/mol. The summed E-state index contributed by atoms with van der Waals surface area (Å²) >= 11 is 1.44. The zero-order valence-electron chi connectivity index (χ0n) is 10.3. The van der Waals surface area contributed by atoms with Gasteiger partial charge in [-0.05, 0) is 6.92 Å². The normalized spacial score (nSPS) is 11.3. The van der Waals surface area contributed by atoms with Crippen molar-refractivity contribution in [1.82, 2.24) is 14.8 Å². The summed E-state index contributed by atoms with van der Waals surface area (Å²) in [4.78, 5) is 27.0. The molecule has 0 aliphatic carbocycles. The summed E-state index contributed by atoms with van der Waals surface area (Å²) in [5, 5.41) is 13.6. The van der Waals surface area contributed by atoms with Gasteiger partial charge in [0.1, 0.15) is 6.54 Å². The molecule has 0 aromatic carbocycles. The number of hydrogen-bond acceptors (Lipinski definition) is 5. The Morgan fingerprint density at radius 1 is 1.50 bits per heavy atom. The van der Waals surface area contributed by atoms with Gasteiger partial charge >= 0.3 is 5.97 Å². The summed E-state index contributed by atoms with van der Waals surface area (Å²) in [5.74, 6) is -0.864. The number of carboxylic acids is 1. The Bertz CT molecular complexity index is 672. The molecule has 2 aromatic heterocycles. The molecule has 1 N–H and O–H groups in total. The average molecular weight is 267 g/mol. The van der Waals surface area contributed by atoms with Crippen LogP contribution in [0.2, 0.25) is 0 Å². The smallest absolute Gasteiger partial charge is 0.325 e. The van der Waals surface area contributed by atoms with E-state index < -0.39 is 18.1 Å². The molecule has 0 amide bonds. The van der Waals surface area contributed by atoms with Crippen LogP contribution < -0.4 is 5.56 Å². The maximum absolute atomic E-state index is 12.0. The monoisotopic (exact) mass is 267 g/mol. The van der Waals surface area contributed by atoms with Gasteiger partial charge in [-0.15, -0.1) is 11.3 Å². The Morgan fingerprint density at radius 2 is 2.17 bits per heavy atom. The summed E-state index contributed by atoms with van der Waals surface area (Å²) in [6, 6.07) is 0. The maximum atomic E-state index is 12.0. The van der Waals surface area contributed by atoms with Crippen LogP contribution in [0.3, 0.4) is 0 Å². The Balaban J connectivity index is 2.69. The van der Waals surface area contributed by atoms with E-state index in [1.54, 1.807) is 6.92 Å². The summed E-state index contributed by atoms with van der Waals surface area (Å²) in [5.41, 5.74) is 0.508. The van der Waals surface area contributed by atoms with E-state index in [9.17, 15) is 9.59 Å². The fourth-order valence-corrected chi connectivity index (χ4v) is 2.60. The topological polar surface area (TPSA) is 85.1 Å². The van der Waals surface area contributed by atoms with Crippen LogP contribution in [0, 0.1) is 6.92 Å². The van der Waals surface area contributed by atoms with Crippen LogP contribution in [0.15, 0.2) is 4.79 Å². The number of aryl methyl sites for hydroxylation is 1. The van der Waals surface area contributed by atoms with Gasteiger partial charge in [0.25, 0.3) is 5.56 Å². The van der Waals surface area contributed by atoms with Crippen molar-refractivity contribution < 1.29 is 9.90 Å². The third-order valence-corrected chi connectivity index (χ3v) is 3.92. The maximum Gasteiger partial charge on any atom is 0.325 e. The number of aliphatic carboxylic acids is 1. The lowest BCUT2D eigenvalue weighted by atomic mass is 10.2. The number of thiazole rings is 1. The number of fused-ring (bicyclic) bond motifs is 1. The second-order valence-corrected chi connectivity index (χ2v) is 5.36. The number of hydrogen-bond donors (Lipinski definition) is 1. The van der Waals surface area contributed by atoms with E-state index in [4.69, 9.17) is 5.11 Å².